The number of aliphatic hydroxyl groups excluding tert-OH is 3. The SMILES string of the molecule is COc1ccc(NC2=C3NC(=O)/C(C)=C\C=C[C@@H](C)[C@@H](O)[C@H](C)[C@@H](O)[C@@H](C)[C@@H](O)[C@@H](C)[C@H](OC)/C=C\O[C@]4(C)Oc5c(C)c(O)c(c(c5C4=O)C2=O)C3=O)cc1OC. The number of hydrogen-bond acceptors (Lipinski definition) is 14. The number of carbonyl (C=O) groups excluding carboxylic acids is 4. The number of aliphatic hydroxyl groups is 3. The maximum atomic E-state index is 14.7. The van der Waals surface area contributed by atoms with Crippen molar-refractivity contribution in [3.8, 4) is 23.0 Å². The second kappa shape index (κ2) is 17.2. The van der Waals surface area contributed by atoms with Crippen LogP contribution in [0.25, 0.3) is 0 Å². The Balaban J connectivity index is 1.69. The molecule has 4 aliphatic rings. The van der Waals surface area contributed by atoms with Crippen molar-refractivity contribution >= 4 is 28.9 Å². The summed E-state index contributed by atoms with van der Waals surface area (Å²) in [5.41, 5.74) is -1.90. The van der Waals surface area contributed by atoms with Crippen LogP contribution in [0.15, 0.2) is 65.7 Å². The van der Waals surface area contributed by atoms with Crippen molar-refractivity contribution in [1.82, 2.24) is 5.32 Å². The van der Waals surface area contributed by atoms with Crippen LogP contribution in [0.3, 0.4) is 0 Å². The summed E-state index contributed by atoms with van der Waals surface area (Å²) in [4.78, 5) is 57.3. The monoisotopic (exact) mass is 804 g/mol. The van der Waals surface area contributed by atoms with Crippen molar-refractivity contribution in [3.05, 3.63) is 88.0 Å². The fourth-order valence-corrected chi connectivity index (χ4v) is 7.48. The highest BCUT2D eigenvalue weighted by Gasteiger charge is 2.52. The van der Waals surface area contributed by atoms with Gasteiger partial charge >= 0.3 is 5.79 Å². The predicted molar refractivity (Wildman–Crippen MR) is 212 cm³/mol. The Morgan fingerprint density at radius 3 is 2.09 bits per heavy atom. The summed E-state index contributed by atoms with van der Waals surface area (Å²) in [7, 11) is 4.27. The molecule has 1 amide bonds. The number of phenols is 1. The molecule has 0 radical (unpaired) electrons. The molecule has 15 nitrogen and oxygen atoms in total. The van der Waals surface area contributed by atoms with Crippen LogP contribution in [0, 0.1) is 30.6 Å². The number of methoxy groups -OCH3 is 3. The zero-order valence-electron chi connectivity index (χ0n) is 34.2. The Morgan fingerprint density at radius 1 is 0.810 bits per heavy atom. The van der Waals surface area contributed by atoms with Gasteiger partial charge in [-0.2, -0.15) is 0 Å². The molecule has 0 saturated heterocycles. The smallest absolute Gasteiger partial charge is 0.312 e. The van der Waals surface area contributed by atoms with Crippen LogP contribution in [0.4, 0.5) is 5.69 Å². The molecule has 0 fully saturated rings. The van der Waals surface area contributed by atoms with Gasteiger partial charge in [0.15, 0.2) is 11.5 Å². The lowest BCUT2D eigenvalue weighted by atomic mass is 9.78. The molecule has 5 bridgehead atoms. The van der Waals surface area contributed by atoms with Gasteiger partial charge in [-0.25, -0.2) is 0 Å². The molecule has 2 aromatic carbocycles. The summed E-state index contributed by atoms with van der Waals surface area (Å²) in [5, 5.41) is 50.8. The lowest BCUT2D eigenvalue weighted by Gasteiger charge is -2.36. The molecule has 6 N–H and O–H groups in total. The summed E-state index contributed by atoms with van der Waals surface area (Å²) < 4.78 is 28.3. The number of ether oxygens (including phenoxy) is 5. The second-order valence-electron chi connectivity index (χ2n) is 15.2. The topological polar surface area (TPSA) is 219 Å². The molecule has 3 heterocycles. The van der Waals surface area contributed by atoms with Crippen LogP contribution < -0.4 is 24.8 Å². The first kappa shape index (κ1) is 43.6. The molecule has 312 valence electrons. The molecule has 0 aromatic heterocycles. The van der Waals surface area contributed by atoms with E-state index >= 15 is 0 Å². The van der Waals surface area contributed by atoms with Crippen molar-refractivity contribution in [1.29, 1.82) is 0 Å². The van der Waals surface area contributed by atoms with Gasteiger partial charge in [0.05, 0.1) is 61.6 Å². The number of benzene rings is 2. The van der Waals surface area contributed by atoms with Crippen LogP contribution in [-0.2, 0) is 14.3 Å². The van der Waals surface area contributed by atoms with Gasteiger partial charge in [0.1, 0.15) is 22.9 Å². The van der Waals surface area contributed by atoms with Gasteiger partial charge in [-0.05, 0) is 32.1 Å². The van der Waals surface area contributed by atoms with Gasteiger partial charge in [-0.3, -0.25) is 19.2 Å². The number of fused-ring (bicyclic) bond motifs is 14. The highest BCUT2D eigenvalue weighted by Crippen LogP contribution is 2.49. The first-order chi connectivity index (χ1) is 27.3. The number of hydrogen-bond donors (Lipinski definition) is 6. The largest absolute Gasteiger partial charge is 0.507 e. The summed E-state index contributed by atoms with van der Waals surface area (Å²) in [6.07, 6.45) is 3.14. The Morgan fingerprint density at radius 2 is 1.45 bits per heavy atom. The van der Waals surface area contributed by atoms with E-state index in [1.54, 1.807) is 52.0 Å². The number of rotatable bonds is 5. The number of phenolic OH excluding ortho intramolecular Hbond substituents is 1. The molecule has 9 atom stereocenters. The van der Waals surface area contributed by atoms with Crippen LogP contribution in [-0.4, -0.2) is 95.2 Å². The third kappa shape index (κ3) is 7.86. The molecule has 58 heavy (non-hydrogen) atoms. The van der Waals surface area contributed by atoms with Crippen LogP contribution in [0.2, 0.25) is 0 Å². The quantitative estimate of drug-likeness (QED) is 0.245. The fraction of sp³-hybridized carbons (Fsp3) is 0.442. The van der Waals surface area contributed by atoms with Crippen molar-refractivity contribution < 1.29 is 63.3 Å². The molecule has 2 aromatic rings. The average Bonchev–Trinajstić information content (AvgIpc) is 3.47. The average molecular weight is 805 g/mol. The van der Waals surface area contributed by atoms with Gasteiger partial charge < -0.3 is 54.7 Å². The van der Waals surface area contributed by atoms with E-state index in [2.05, 4.69) is 10.6 Å². The van der Waals surface area contributed by atoms with Crippen LogP contribution in [0.5, 0.6) is 23.0 Å². The Labute approximate surface area is 337 Å². The lowest BCUT2D eigenvalue weighted by Crippen LogP contribution is -2.45. The van der Waals surface area contributed by atoms with Gasteiger partial charge in [0.2, 0.25) is 11.6 Å². The van der Waals surface area contributed by atoms with Gasteiger partial charge in [-0.1, -0.05) is 45.9 Å². The summed E-state index contributed by atoms with van der Waals surface area (Å²) >= 11 is 0. The van der Waals surface area contributed by atoms with Crippen LogP contribution in [0.1, 0.15) is 78.2 Å². The zero-order chi connectivity index (χ0) is 43.0. The Bertz CT molecular complexity index is 2120. The number of anilines is 1. The highest BCUT2D eigenvalue weighted by atomic mass is 16.7. The Kier molecular flexibility index (Phi) is 12.9. The summed E-state index contributed by atoms with van der Waals surface area (Å²) in [6, 6.07) is 4.60. The first-order valence-corrected chi connectivity index (χ1v) is 18.9. The van der Waals surface area contributed by atoms with E-state index < -0.39 is 105 Å². The highest BCUT2D eigenvalue weighted by molar-refractivity contribution is 6.33. The van der Waals surface area contributed by atoms with E-state index in [0.717, 1.165) is 6.26 Å². The summed E-state index contributed by atoms with van der Waals surface area (Å²) in [5.74, 6) is -8.33. The first-order valence-electron chi connectivity index (χ1n) is 18.9. The van der Waals surface area contributed by atoms with E-state index in [1.165, 1.54) is 60.3 Å². The molecule has 15 heteroatoms. The molecular formula is C43H52N2O13. The number of amides is 1. The van der Waals surface area contributed by atoms with E-state index in [-0.39, 0.29) is 33.9 Å². The van der Waals surface area contributed by atoms with Crippen LogP contribution >= 0.6 is 0 Å². The van der Waals surface area contributed by atoms with Gasteiger partial charge in [0, 0.05) is 60.6 Å². The summed E-state index contributed by atoms with van der Waals surface area (Å²) in [6.45, 7) is 11.0. The van der Waals surface area contributed by atoms with Crippen molar-refractivity contribution in [2.24, 2.45) is 23.7 Å². The fourth-order valence-electron chi connectivity index (χ4n) is 7.48. The molecule has 0 saturated carbocycles. The number of allylic oxidation sites excluding steroid dienone is 4. The minimum atomic E-state index is -2.10. The number of carbonyl (C=O) groups is 4. The second-order valence-corrected chi connectivity index (χ2v) is 15.2. The van der Waals surface area contributed by atoms with Gasteiger partial charge in [-0.15, -0.1) is 0 Å². The number of aromatic hydroxyl groups is 1. The molecule has 0 spiro atoms. The van der Waals surface area contributed by atoms with Crippen molar-refractivity contribution in [2.45, 2.75) is 78.7 Å². The van der Waals surface area contributed by atoms with E-state index in [9.17, 15) is 39.6 Å². The molecule has 0 unspecified atom stereocenters. The van der Waals surface area contributed by atoms with Gasteiger partial charge in [0.25, 0.3) is 11.7 Å². The zero-order valence-corrected chi connectivity index (χ0v) is 34.2. The lowest BCUT2D eigenvalue weighted by molar-refractivity contribution is -0.116. The third-order valence-corrected chi connectivity index (χ3v) is 11.3. The maximum Gasteiger partial charge on any atom is 0.312 e. The molecule has 1 aliphatic carbocycles. The van der Waals surface area contributed by atoms with E-state index in [4.69, 9.17) is 23.7 Å². The number of ketones is 3. The standard InChI is InChI=1S/C43H52N2O13/c1-19-12-11-13-20(2)42(53)45-33-32(44-25-14-15-27(55-9)28(18-25)56-10)38(50)29-30(39(33)51)37(49)24(6)40-31(29)41(52)43(7,58-40)57-17-16-26(54-8)21(3)35(47)23(5)36(48)22(4)34(19)46/h11-19,21-23,26,34-36,44,46-49H,1-10H3,(H,45,53)/b12-11?,17-16-,20-13-/t19-,21+,22+,23+,26-,34-,35+,36-,43-/m1/s1. The van der Waals surface area contributed by atoms with Crippen molar-refractivity contribution in [2.75, 3.05) is 26.6 Å². The van der Waals surface area contributed by atoms with E-state index in [1.807, 2.05) is 0 Å². The number of Topliss-reactive ketones (excluding diaryl/α,β-unsaturated/α-hetero) is 3. The van der Waals surface area contributed by atoms with E-state index in [0.29, 0.717) is 5.75 Å². The Hall–Kier alpha value is -5.48. The third-order valence-electron chi connectivity index (χ3n) is 11.3. The minimum Gasteiger partial charge on any atom is -0.507 e. The van der Waals surface area contributed by atoms with Crippen molar-refractivity contribution in [3.63, 3.8) is 0 Å². The predicted octanol–water partition coefficient (Wildman–Crippen LogP) is 4.52. The molecular weight excluding hydrogens is 752 g/mol. The molecule has 3 aliphatic heterocycles. The minimum absolute atomic E-state index is 0.0298. The molecule has 6 rings (SSSR count). The maximum absolute atomic E-state index is 14.7. The number of nitrogens with one attached hydrogen (secondary N) is 2. The normalized spacial score (nSPS) is 30.9.